The van der Waals surface area contributed by atoms with Gasteiger partial charge in [0.05, 0.1) is 6.54 Å². The largest absolute Gasteiger partial charge is 0.354 e. The number of halogens is 1. The third-order valence-corrected chi connectivity index (χ3v) is 2.41. The minimum atomic E-state index is 0. The van der Waals surface area contributed by atoms with E-state index in [1.807, 2.05) is 44.9 Å². The first kappa shape index (κ1) is 19.8. The highest BCUT2D eigenvalue weighted by Gasteiger charge is 2.06. The molecule has 18 heavy (non-hydrogen) atoms. The van der Waals surface area contributed by atoms with Gasteiger partial charge in [0.25, 0.3) is 0 Å². The predicted molar refractivity (Wildman–Crippen MR) is 87.6 cm³/mol. The summed E-state index contributed by atoms with van der Waals surface area (Å²) in [5.41, 5.74) is 0. The lowest BCUT2D eigenvalue weighted by Gasteiger charge is -2.22. The smallest absolute Gasteiger partial charge is 0.222 e. The molecule has 0 aliphatic rings. The highest BCUT2D eigenvalue weighted by Crippen LogP contribution is 1.93. The van der Waals surface area contributed by atoms with Gasteiger partial charge < -0.3 is 15.1 Å². The van der Waals surface area contributed by atoms with E-state index in [-0.39, 0.29) is 35.9 Å². The van der Waals surface area contributed by atoms with Crippen LogP contribution in [0.15, 0.2) is 4.99 Å². The van der Waals surface area contributed by atoms with Crippen molar-refractivity contribution in [3.8, 4) is 0 Å². The summed E-state index contributed by atoms with van der Waals surface area (Å²) in [6.45, 7) is 4.58. The molecule has 0 fully saturated rings. The second-order valence-electron chi connectivity index (χ2n) is 4.60. The Bertz CT molecular complexity index is 257. The van der Waals surface area contributed by atoms with E-state index in [2.05, 4.69) is 17.2 Å². The van der Waals surface area contributed by atoms with Crippen LogP contribution in [0.4, 0.5) is 0 Å². The molecule has 0 spiro atoms. The second kappa shape index (κ2) is 10.4. The molecule has 0 bridgehead atoms. The number of carbonyl (C=O) groups excluding carboxylic acids is 1. The van der Waals surface area contributed by atoms with E-state index in [4.69, 9.17) is 0 Å². The van der Waals surface area contributed by atoms with Gasteiger partial charge in [0.1, 0.15) is 0 Å². The molecule has 108 valence electrons. The van der Waals surface area contributed by atoms with Crippen LogP contribution in [-0.4, -0.2) is 62.4 Å². The second-order valence-corrected chi connectivity index (χ2v) is 4.60. The lowest BCUT2D eigenvalue weighted by molar-refractivity contribution is -0.121. The Morgan fingerprint density at radius 1 is 1.22 bits per heavy atom. The van der Waals surface area contributed by atoms with Crippen molar-refractivity contribution in [2.45, 2.75) is 32.7 Å². The third kappa shape index (κ3) is 8.54. The van der Waals surface area contributed by atoms with Crippen molar-refractivity contribution in [3.63, 3.8) is 0 Å². The maximum absolute atomic E-state index is 11.5. The van der Waals surface area contributed by atoms with Crippen molar-refractivity contribution in [2.75, 3.05) is 34.7 Å². The number of hydrogen-bond donors (Lipinski definition) is 1. The van der Waals surface area contributed by atoms with Crippen LogP contribution < -0.4 is 5.32 Å². The van der Waals surface area contributed by atoms with Crippen molar-refractivity contribution in [1.82, 2.24) is 15.1 Å². The monoisotopic (exact) mass is 370 g/mol. The molecule has 6 heteroatoms. The first-order valence-electron chi connectivity index (χ1n) is 6.06. The maximum Gasteiger partial charge on any atom is 0.222 e. The molecule has 0 saturated heterocycles. The van der Waals surface area contributed by atoms with E-state index in [0.717, 1.165) is 12.4 Å². The Kier molecular flexibility index (Phi) is 11.4. The number of carbonyl (C=O) groups is 1. The summed E-state index contributed by atoms with van der Waals surface area (Å²) in [6.07, 6.45) is 1.39. The van der Waals surface area contributed by atoms with Crippen LogP contribution in [0.5, 0.6) is 0 Å². The van der Waals surface area contributed by atoms with Gasteiger partial charge in [-0.05, 0) is 13.3 Å². The molecule has 0 radical (unpaired) electrons. The fraction of sp³-hybridized carbons (Fsp3) is 0.833. The molecule has 5 nitrogen and oxygen atoms in total. The maximum atomic E-state index is 11.5. The zero-order chi connectivity index (χ0) is 13.4. The average molecular weight is 370 g/mol. The van der Waals surface area contributed by atoms with Gasteiger partial charge in [0.2, 0.25) is 5.91 Å². The van der Waals surface area contributed by atoms with Crippen molar-refractivity contribution in [1.29, 1.82) is 0 Å². The lowest BCUT2D eigenvalue weighted by Crippen LogP contribution is -2.36. The van der Waals surface area contributed by atoms with Crippen LogP contribution >= 0.6 is 24.0 Å². The van der Waals surface area contributed by atoms with Gasteiger partial charge in [-0.25, -0.2) is 0 Å². The third-order valence-electron chi connectivity index (χ3n) is 2.41. The van der Waals surface area contributed by atoms with Crippen LogP contribution in [0, 0.1) is 0 Å². The van der Waals surface area contributed by atoms with Gasteiger partial charge in [-0.2, -0.15) is 0 Å². The Morgan fingerprint density at radius 2 is 1.72 bits per heavy atom. The first-order valence-corrected chi connectivity index (χ1v) is 6.06. The van der Waals surface area contributed by atoms with E-state index < -0.39 is 0 Å². The van der Waals surface area contributed by atoms with Crippen LogP contribution in [0.2, 0.25) is 0 Å². The molecule has 0 aromatic carbocycles. The quantitative estimate of drug-likeness (QED) is 0.452. The van der Waals surface area contributed by atoms with E-state index >= 15 is 0 Å². The normalized spacial score (nSPS) is 11.0. The minimum Gasteiger partial charge on any atom is -0.354 e. The summed E-state index contributed by atoms with van der Waals surface area (Å²) >= 11 is 0. The number of nitrogens with one attached hydrogen (secondary N) is 1. The molecule has 0 heterocycles. The molecule has 0 aliphatic heterocycles. The molecule has 1 atom stereocenters. The summed E-state index contributed by atoms with van der Waals surface area (Å²) < 4.78 is 0. The topological polar surface area (TPSA) is 47.9 Å². The molecule has 1 N–H and O–H groups in total. The van der Waals surface area contributed by atoms with Gasteiger partial charge in [-0.15, -0.1) is 24.0 Å². The molecule has 0 saturated carbocycles. The molecule has 1 unspecified atom stereocenters. The van der Waals surface area contributed by atoms with E-state index in [1.54, 1.807) is 0 Å². The predicted octanol–water partition coefficient (Wildman–Crippen LogP) is 1.39. The van der Waals surface area contributed by atoms with Gasteiger partial charge in [-0.1, -0.05) is 6.92 Å². The van der Waals surface area contributed by atoms with Gasteiger partial charge >= 0.3 is 0 Å². The van der Waals surface area contributed by atoms with Crippen molar-refractivity contribution in [3.05, 3.63) is 0 Å². The fourth-order valence-corrected chi connectivity index (χ4v) is 1.39. The Hall–Kier alpha value is -0.530. The summed E-state index contributed by atoms with van der Waals surface area (Å²) in [4.78, 5) is 19.8. The summed E-state index contributed by atoms with van der Waals surface area (Å²) in [7, 11) is 7.77. The minimum absolute atomic E-state index is 0. The van der Waals surface area contributed by atoms with Crippen molar-refractivity contribution in [2.24, 2.45) is 4.99 Å². The van der Waals surface area contributed by atoms with E-state index in [1.165, 1.54) is 0 Å². The Morgan fingerprint density at radius 3 is 2.11 bits per heavy atom. The van der Waals surface area contributed by atoms with Crippen molar-refractivity contribution < 1.29 is 4.79 Å². The molecular weight excluding hydrogens is 343 g/mol. The van der Waals surface area contributed by atoms with Gasteiger partial charge in [-0.3, -0.25) is 9.79 Å². The van der Waals surface area contributed by atoms with E-state index in [9.17, 15) is 4.79 Å². The first-order chi connectivity index (χ1) is 7.88. The number of aliphatic imine (C=N–C) groups is 1. The highest BCUT2D eigenvalue weighted by atomic mass is 127. The Balaban J connectivity index is 0. The molecule has 0 aromatic rings. The number of guanidine groups is 1. The summed E-state index contributed by atoms with van der Waals surface area (Å²) in [6, 6.07) is 0.244. The average Bonchev–Trinajstić information content (AvgIpc) is 2.22. The number of hydrogen-bond acceptors (Lipinski definition) is 2. The molecule has 0 aromatic heterocycles. The molecular formula is C12H27IN4O. The summed E-state index contributed by atoms with van der Waals surface area (Å²) in [5, 5.41) is 2.93. The van der Waals surface area contributed by atoms with Crippen molar-refractivity contribution >= 4 is 35.8 Å². The SMILES string of the molecule is CCC(C)NC(=O)CCN=C(N(C)C)N(C)C.I. The highest BCUT2D eigenvalue weighted by molar-refractivity contribution is 14.0. The molecule has 0 aliphatic carbocycles. The lowest BCUT2D eigenvalue weighted by atomic mass is 10.2. The standard InChI is InChI=1S/C12H26N4O.HI/c1-7-10(2)14-11(17)8-9-13-12(15(3)4)16(5)6;/h10H,7-9H2,1-6H3,(H,14,17);1H. The molecule has 1 amide bonds. The number of nitrogens with zero attached hydrogens (tertiary/aromatic N) is 3. The zero-order valence-corrected chi connectivity index (χ0v) is 14.7. The van der Waals surface area contributed by atoms with Crippen LogP contribution in [0.3, 0.4) is 0 Å². The summed E-state index contributed by atoms with van der Waals surface area (Å²) in [5.74, 6) is 0.946. The number of amides is 1. The number of rotatable bonds is 5. The van der Waals surface area contributed by atoms with Crippen LogP contribution in [0.25, 0.3) is 0 Å². The van der Waals surface area contributed by atoms with Gasteiger partial charge in [0, 0.05) is 40.7 Å². The zero-order valence-electron chi connectivity index (χ0n) is 12.4. The van der Waals surface area contributed by atoms with Gasteiger partial charge in [0.15, 0.2) is 5.96 Å². The van der Waals surface area contributed by atoms with Crippen LogP contribution in [-0.2, 0) is 4.79 Å². The van der Waals surface area contributed by atoms with Crippen LogP contribution in [0.1, 0.15) is 26.7 Å². The van der Waals surface area contributed by atoms with E-state index in [0.29, 0.717) is 13.0 Å². The molecule has 0 rings (SSSR count). The Labute approximate surface area is 128 Å². The fourth-order valence-electron chi connectivity index (χ4n) is 1.39.